The van der Waals surface area contributed by atoms with Crippen LogP contribution in [0.2, 0.25) is 0 Å². The number of hydrogen-bond acceptors (Lipinski definition) is 5. The standard InChI is InChI=1S/C27H35NO6/c1-18(26(33)28-17-21-10-7-9-20-8-5-6-11-23(20)21)14-22(29)15-19(12-13-24(30)31)16-25(32)34-27(2,3)4/h5-11,18-19H,12-17H2,1-4H3,(H,28,33)(H,30,31)/t18-,19+/m1/s1. The Labute approximate surface area is 200 Å². The van der Waals surface area contributed by atoms with E-state index < -0.39 is 29.4 Å². The Bertz CT molecular complexity index is 1020. The molecule has 0 aliphatic rings. The minimum atomic E-state index is -0.984. The fraction of sp³-hybridized carbons (Fsp3) is 0.481. The zero-order chi connectivity index (χ0) is 25.3. The Balaban J connectivity index is 1.91. The summed E-state index contributed by atoms with van der Waals surface area (Å²) in [4.78, 5) is 48.4. The van der Waals surface area contributed by atoms with Crippen molar-refractivity contribution in [2.45, 2.75) is 71.9 Å². The van der Waals surface area contributed by atoms with Gasteiger partial charge < -0.3 is 15.2 Å². The first-order valence-electron chi connectivity index (χ1n) is 11.6. The van der Waals surface area contributed by atoms with Crippen molar-refractivity contribution in [3.63, 3.8) is 0 Å². The normalized spacial score (nSPS) is 13.2. The summed E-state index contributed by atoms with van der Waals surface area (Å²) in [5.74, 6) is -2.82. The number of nitrogens with one attached hydrogen (secondary N) is 1. The van der Waals surface area contributed by atoms with Crippen molar-refractivity contribution in [3.8, 4) is 0 Å². The molecule has 34 heavy (non-hydrogen) atoms. The van der Waals surface area contributed by atoms with Crippen molar-refractivity contribution in [2.75, 3.05) is 0 Å². The van der Waals surface area contributed by atoms with Gasteiger partial charge in [-0.1, -0.05) is 49.4 Å². The number of carbonyl (C=O) groups excluding carboxylic acids is 3. The smallest absolute Gasteiger partial charge is 0.306 e. The van der Waals surface area contributed by atoms with E-state index in [0.29, 0.717) is 6.54 Å². The summed E-state index contributed by atoms with van der Waals surface area (Å²) in [6.07, 6.45) is 0.0917. The van der Waals surface area contributed by atoms with Gasteiger partial charge in [0.05, 0.1) is 0 Å². The van der Waals surface area contributed by atoms with Crippen molar-refractivity contribution in [2.24, 2.45) is 11.8 Å². The highest BCUT2D eigenvalue weighted by molar-refractivity contribution is 5.88. The second-order valence-corrected chi connectivity index (χ2v) is 9.79. The van der Waals surface area contributed by atoms with Crippen LogP contribution in [0.3, 0.4) is 0 Å². The highest BCUT2D eigenvalue weighted by Crippen LogP contribution is 2.22. The number of ether oxygens (including phenoxy) is 1. The lowest BCUT2D eigenvalue weighted by Crippen LogP contribution is -2.30. The molecule has 0 bridgehead atoms. The fourth-order valence-corrected chi connectivity index (χ4v) is 3.87. The number of carboxylic acids is 1. The number of ketones is 1. The van der Waals surface area contributed by atoms with Crippen molar-refractivity contribution in [1.29, 1.82) is 0 Å². The summed E-state index contributed by atoms with van der Waals surface area (Å²) < 4.78 is 5.32. The summed E-state index contributed by atoms with van der Waals surface area (Å²) in [6, 6.07) is 13.9. The number of benzene rings is 2. The molecule has 0 fully saturated rings. The minimum absolute atomic E-state index is 0.0270. The van der Waals surface area contributed by atoms with Crippen LogP contribution in [0.15, 0.2) is 42.5 Å². The van der Waals surface area contributed by atoms with Crippen molar-refractivity contribution < 1.29 is 29.0 Å². The summed E-state index contributed by atoms with van der Waals surface area (Å²) in [6.45, 7) is 7.30. The predicted molar refractivity (Wildman–Crippen MR) is 130 cm³/mol. The summed E-state index contributed by atoms with van der Waals surface area (Å²) >= 11 is 0. The lowest BCUT2D eigenvalue weighted by Gasteiger charge is -2.22. The number of aliphatic carboxylic acids is 1. The SMILES string of the molecule is C[C@H](CC(=O)C[C@H](CCC(=O)O)CC(=O)OC(C)(C)C)C(=O)NCc1cccc2ccccc12. The molecule has 0 saturated heterocycles. The van der Waals surface area contributed by atoms with Gasteiger partial charge in [0, 0.05) is 38.1 Å². The van der Waals surface area contributed by atoms with Gasteiger partial charge in [0.25, 0.3) is 0 Å². The quantitative estimate of drug-likeness (QED) is 0.438. The van der Waals surface area contributed by atoms with Crippen LogP contribution in [0.4, 0.5) is 0 Å². The molecule has 2 rings (SSSR count). The van der Waals surface area contributed by atoms with Crippen molar-refractivity contribution in [3.05, 3.63) is 48.0 Å². The zero-order valence-electron chi connectivity index (χ0n) is 20.4. The number of hydrogen-bond donors (Lipinski definition) is 2. The largest absolute Gasteiger partial charge is 0.481 e. The molecule has 0 spiro atoms. The van der Waals surface area contributed by atoms with E-state index in [0.717, 1.165) is 16.3 Å². The number of carboxylic acid groups (broad SMARTS) is 1. The molecule has 0 aliphatic carbocycles. The second-order valence-electron chi connectivity index (χ2n) is 9.79. The average Bonchev–Trinajstić information content (AvgIpc) is 2.74. The first kappa shape index (κ1) is 27.0. The maximum atomic E-state index is 12.6. The van der Waals surface area contributed by atoms with E-state index in [-0.39, 0.29) is 43.8 Å². The molecular formula is C27H35NO6. The van der Waals surface area contributed by atoms with E-state index in [4.69, 9.17) is 9.84 Å². The van der Waals surface area contributed by atoms with Crippen LogP contribution in [-0.4, -0.2) is 34.3 Å². The van der Waals surface area contributed by atoms with Crippen molar-refractivity contribution in [1.82, 2.24) is 5.32 Å². The Hall–Kier alpha value is -3.22. The maximum absolute atomic E-state index is 12.6. The predicted octanol–water partition coefficient (Wildman–Crippen LogP) is 4.65. The van der Waals surface area contributed by atoms with Gasteiger partial charge in [0.15, 0.2) is 0 Å². The Kier molecular flexibility index (Phi) is 9.78. The maximum Gasteiger partial charge on any atom is 0.306 e. The van der Waals surface area contributed by atoms with Crippen LogP contribution in [-0.2, 0) is 30.5 Å². The molecule has 2 atom stereocenters. The van der Waals surface area contributed by atoms with Crippen molar-refractivity contribution >= 4 is 34.4 Å². The molecule has 7 heteroatoms. The van der Waals surface area contributed by atoms with Gasteiger partial charge in [-0.25, -0.2) is 0 Å². The van der Waals surface area contributed by atoms with Gasteiger partial charge in [-0.3, -0.25) is 19.2 Å². The summed E-state index contributed by atoms with van der Waals surface area (Å²) in [5, 5.41) is 14.1. The number of carbonyl (C=O) groups is 4. The average molecular weight is 470 g/mol. The third-order valence-electron chi connectivity index (χ3n) is 5.47. The van der Waals surface area contributed by atoms with E-state index in [1.807, 2.05) is 42.5 Å². The summed E-state index contributed by atoms with van der Waals surface area (Å²) in [5.41, 5.74) is 0.339. The molecular weight excluding hydrogens is 434 g/mol. The van der Waals surface area contributed by atoms with Crippen LogP contribution in [0, 0.1) is 11.8 Å². The van der Waals surface area contributed by atoms with Gasteiger partial charge >= 0.3 is 11.9 Å². The number of amides is 1. The number of fused-ring (bicyclic) bond motifs is 1. The van der Waals surface area contributed by atoms with E-state index in [1.165, 1.54) is 0 Å². The van der Waals surface area contributed by atoms with Gasteiger partial charge in [0.2, 0.25) is 5.91 Å². The monoisotopic (exact) mass is 469 g/mol. The van der Waals surface area contributed by atoms with Gasteiger partial charge in [-0.05, 0) is 49.4 Å². The van der Waals surface area contributed by atoms with Crippen LogP contribution in [0.1, 0.15) is 65.4 Å². The van der Waals surface area contributed by atoms with Crippen LogP contribution < -0.4 is 5.32 Å². The van der Waals surface area contributed by atoms with Crippen LogP contribution >= 0.6 is 0 Å². The molecule has 0 aromatic heterocycles. The number of esters is 1. The Morgan fingerprint density at radius 2 is 1.65 bits per heavy atom. The fourth-order valence-electron chi connectivity index (χ4n) is 3.87. The molecule has 0 heterocycles. The lowest BCUT2D eigenvalue weighted by molar-refractivity contribution is -0.156. The highest BCUT2D eigenvalue weighted by atomic mass is 16.6. The lowest BCUT2D eigenvalue weighted by atomic mass is 9.90. The first-order valence-corrected chi connectivity index (χ1v) is 11.6. The van der Waals surface area contributed by atoms with Gasteiger partial charge in [0.1, 0.15) is 11.4 Å². The molecule has 0 aliphatic heterocycles. The molecule has 184 valence electrons. The molecule has 0 saturated carbocycles. The molecule has 2 aromatic rings. The highest BCUT2D eigenvalue weighted by Gasteiger charge is 2.25. The van der Waals surface area contributed by atoms with E-state index in [1.54, 1.807) is 27.7 Å². The molecule has 2 aromatic carbocycles. The van der Waals surface area contributed by atoms with Crippen LogP contribution in [0.25, 0.3) is 10.8 Å². The third-order valence-corrected chi connectivity index (χ3v) is 5.47. The Morgan fingerprint density at radius 1 is 0.971 bits per heavy atom. The number of rotatable bonds is 12. The van der Waals surface area contributed by atoms with E-state index in [2.05, 4.69) is 5.32 Å². The van der Waals surface area contributed by atoms with Gasteiger partial charge in [-0.2, -0.15) is 0 Å². The van der Waals surface area contributed by atoms with Gasteiger partial charge in [-0.15, -0.1) is 0 Å². The topological polar surface area (TPSA) is 110 Å². The molecule has 2 N–H and O–H groups in total. The minimum Gasteiger partial charge on any atom is -0.481 e. The molecule has 7 nitrogen and oxygen atoms in total. The van der Waals surface area contributed by atoms with Crippen LogP contribution in [0.5, 0.6) is 0 Å². The zero-order valence-corrected chi connectivity index (χ0v) is 20.4. The molecule has 1 amide bonds. The van der Waals surface area contributed by atoms with E-state index >= 15 is 0 Å². The number of Topliss-reactive ketones (excluding diaryl/α,β-unsaturated/α-hetero) is 1. The third kappa shape index (κ3) is 9.33. The second kappa shape index (κ2) is 12.3. The summed E-state index contributed by atoms with van der Waals surface area (Å²) in [7, 11) is 0. The molecule has 0 radical (unpaired) electrons. The van der Waals surface area contributed by atoms with E-state index in [9.17, 15) is 19.2 Å². The Morgan fingerprint density at radius 3 is 2.32 bits per heavy atom. The first-order chi connectivity index (χ1) is 15.9. The molecule has 0 unspecified atom stereocenters.